The van der Waals surface area contributed by atoms with Gasteiger partial charge in [0.05, 0.1) is 11.7 Å². The highest BCUT2D eigenvalue weighted by Gasteiger charge is 2.09. The zero-order valence-electron chi connectivity index (χ0n) is 8.68. The number of aromatic nitrogens is 3. The van der Waals surface area contributed by atoms with E-state index in [1.54, 1.807) is 18.3 Å². The van der Waals surface area contributed by atoms with Crippen molar-refractivity contribution in [2.24, 2.45) is 0 Å². The Morgan fingerprint density at radius 2 is 2.29 bits per heavy atom. The van der Waals surface area contributed by atoms with Gasteiger partial charge in [-0.25, -0.2) is 0 Å². The summed E-state index contributed by atoms with van der Waals surface area (Å²) in [4.78, 5) is 11.7. The average Bonchev–Trinajstić information content (AvgIpc) is 2.99. The van der Waals surface area contributed by atoms with Crippen molar-refractivity contribution in [1.82, 2.24) is 15.4 Å². The zero-order valence-corrected chi connectivity index (χ0v) is 8.68. The van der Waals surface area contributed by atoms with Gasteiger partial charge in [0.15, 0.2) is 5.69 Å². The molecule has 0 aliphatic heterocycles. The molecule has 6 heteroatoms. The number of anilines is 1. The second kappa shape index (κ2) is 3.75. The SMILES string of the molecule is O=C(Nc1ccc2cn[nH]c2c1)c1ccon1. The minimum absolute atomic E-state index is 0.245. The predicted molar refractivity (Wildman–Crippen MR) is 60.5 cm³/mol. The van der Waals surface area contributed by atoms with E-state index in [0.29, 0.717) is 5.69 Å². The number of fused-ring (bicyclic) bond motifs is 1. The molecule has 2 N–H and O–H groups in total. The third kappa shape index (κ3) is 1.76. The first-order valence-electron chi connectivity index (χ1n) is 4.98. The Bertz CT molecular complexity index is 657. The molecule has 0 saturated carbocycles. The highest BCUT2D eigenvalue weighted by Crippen LogP contribution is 2.16. The van der Waals surface area contributed by atoms with Gasteiger partial charge in [-0.3, -0.25) is 9.89 Å². The highest BCUT2D eigenvalue weighted by atomic mass is 16.5. The van der Waals surface area contributed by atoms with Gasteiger partial charge < -0.3 is 9.84 Å². The van der Waals surface area contributed by atoms with Crippen LogP contribution in [0.5, 0.6) is 0 Å². The minimum atomic E-state index is -0.308. The van der Waals surface area contributed by atoms with Gasteiger partial charge in [0.2, 0.25) is 0 Å². The molecule has 0 bridgehead atoms. The summed E-state index contributed by atoms with van der Waals surface area (Å²) in [6.07, 6.45) is 3.07. The second-order valence-corrected chi connectivity index (χ2v) is 3.51. The first kappa shape index (κ1) is 9.59. The Labute approximate surface area is 95.6 Å². The molecule has 1 amide bonds. The third-order valence-corrected chi connectivity index (χ3v) is 2.37. The van der Waals surface area contributed by atoms with Gasteiger partial charge in [-0.2, -0.15) is 5.10 Å². The van der Waals surface area contributed by atoms with Crippen LogP contribution in [-0.2, 0) is 0 Å². The summed E-state index contributed by atoms with van der Waals surface area (Å²) in [5.41, 5.74) is 1.78. The predicted octanol–water partition coefficient (Wildman–Crippen LogP) is 1.80. The lowest BCUT2D eigenvalue weighted by molar-refractivity contribution is 0.101. The van der Waals surface area contributed by atoms with E-state index in [2.05, 4.69) is 25.2 Å². The number of amides is 1. The van der Waals surface area contributed by atoms with Gasteiger partial charge in [-0.1, -0.05) is 5.16 Å². The van der Waals surface area contributed by atoms with E-state index in [-0.39, 0.29) is 11.6 Å². The molecule has 3 aromatic rings. The number of nitrogens with zero attached hydrogens (tertiary/aromatic N) is 2. The largest absolute Gasteiger partial charge is 0.364 e. The lowest BCUT2D eigenvalue weighted by Gasteiger charge is -2.02. The minimum Gasteiger partial charge on any atom is -0.364 e. The number of aromatic amines is 1. The summed E-state index contributed by atoms with van der Waals surface area (Å²) in [5.74, 6) is -0.308. The van der Waals surface area contributed by atoms with Crippen molar-refractivity contribution in [2.75, 3.05) is 5.32 Å². The summed E-state index contributed by atoms with van der Waals surface area (Å²) < 4.78 is 4.60. The van der Waals surface area contributed by atoms with Crippen LogP contribution in [-0.4, -0.2) is 21.3 Å². The fourth-order valence-corrected chi connectivity index (χ4v) is 1.54. The average molecular weight is 228 g/mol. The van der Waals surface area contributed by atoms with Crippen molar-refractivity contribution in [1.29, 1.82) is 0 Å². The molecule has 1 aromatic carbocycles. The lowest BCUT2D eigenvalue weighted by Crippen LogP contribution is -2.11. The Morgan fingerprint density at radius 1 is 1.35 bits per heavy atom. The number of hydrogen-bond acceptors (Lipinski definition) is 4. The van der Waals surface area contributed by atoms with Crippen LogP contribution >= 0.6 is 0 Å². The fourth-order valence-electron chi connectivity index (χ4n) is 1.54. The zero-order chi connectivity index (χ0) is 11.7. The van der Waals surface area contributed by atoms with Gasteiger partial charge in [0.1, 0.15) is 6.26 Å². The molecule has 0 atom stereocenters. The molecule has 2 heterocycles. The molecule has 6 nitrogen and oxygen atoms in total. The van der Waals surface area contributed by atoms with Crippen LogP contribution in [0.4, 0.5) is 5.69 Å². The van der Waals surface area contributed by atoms with E-state index >= 15 is 0 Å². The Balaban J connectivity index is 1.87. The van der Waals surface area contributed by atoms with E-state index in [0.717, 1.165) is 10.9 Å². The van der Waals surface area contributed by atoms with Gasteiger partial charge in [-0.15, -0.1) is 0 Å². The van der Waals surface area contributed by atoms with Gasteiger partial charge in [0.25, 0.3) is 5.91 Å². The standard InChI is InChI=1S/C11H8N4O2/c16-11(9-3-4-17-15-9)13-8-2-1-7-6-12-14-10(7)5-8/h1-6H,(H,12,14)(H,13,16). The van der Waals surface area contributed by atoms with Gasteiger partial charge in [-0.05, 0) is 18.2 Å². The fraction of sp³-hybridized carbons (Fsp3) is 0. The van der Waals surface area contributed by atoms with E-state index < -0.39 is 0 Å². The van der Waals surface area contributed by atoms with Crippen molar-refractivity contribution in [2.45, 2.75) is 0 Å². The van der Waals surface area contributed by atoms with Crippen LogP contribution in [0.1, 0.15) is 10.5 Å². The maximum absolute atomic E-state index is 11.7. The first-order chi connectivity index (χ1) is 8.33. The van der Waals surface area contributed by atoms with Gasteiger partial charge in [0, 0.05) is 17.1 Å². The highest BCUT2D eigenvalue weighted by molar-refractivity contribution is 6.03. The molecule has 0 fully saturated rings. The van der Waals surface area contributed by atoms with Gasteiger partial charge >= 0.3 is 0 Å². The number of nitrogens with one attached hydrogen (secondary N) is 2. The molecule has 84 valence electrons. The molecule has 2 aromatic heterocycles. The number of carbonyl (C=O) groups excluding carboxylic acids is 1. The van der Waals surface area contributed by atoms with E-state index in [1.807, 2.05) is 6.07 Å². The van der Waals surface area contributed by atoms with Crippen LogP contribution in [0.15, 0.2) is 41.2 Å². The van der Waals surface area contributed by atoms with Crippen LogP contribution in [0, 0.1) is 0 Å². The molecule has 0 aliphatic rings. The number of rotatable bonds is 2. The normalized spacial score (nSPS) is 10.6. The Kier molecular flexibility index (Phi) is 2.11. The van der Waals surface area contributed by atoms with E-state index in [1.165, 1.54) is 12.3 Å². The van der Waals surface area contributed by atoms with Crippen LogP contribution < -0.4 is 5.32 Å². The lowest BCUT2D eigenvalue weighted by atomic mass is 10.2. The molecule has 0 unspecified atom stereocenters. The van der Waals surface area contributed by atoms with Crippen LogP contribution in [0.2, 0.25) is 0 Å². The van der Waals surface area contributed by atoms with Crippen molar-refractivity contribution in [3.63, 3.8) is 0 Å². The van der Waals surface area contributed by atoms with Crippen molar-refractivity contribution < 1.29 is 9.32 Å². The summed E-state index contributed by atoms with van der Waals surface area (Å²) >= 11 is 0. The van der Waals surface area contributed by atoms with Crippen molar-refractivity contribution in [3.8, 4) is 0 Å². The van der Waals surface area contributed by atoms with Crippen molar-refractivity contribution in [3.05, 3.63) is 42.4 Å². The Hall–Kier alpha value is -2.63. The monoisotopic (exact) mass is 228 g/mol. The molecular formula is C11H8N4O2. The summed E-state index contributed by atoms with van der Waals surface area (Å²) in [6, 6.07) is 6.98. The maximum Gasteiger partial charge on any atom is 0.277 e. The maximum atomic E-state index is 11.7. The topological polar surface area (TPSA) is 83.8 Å². The molecule has 0 saturated heterocycles. The number of carbonyl (C=O) groups is 1. The summed E-state index contributed by atoms with van der Waals surface area (Å²) in [5, 5.41) is 14.0. The molecule has 0 spiro atoms. The molecule has 17 heavy (non-hydrogen) atoms. The van der Waals surface area contributed by atoms with E-state index in [4.69, 9.17) is 0 Å². The molecule has 3 rings (SSSR count). The number of benzene rings is 1. The summed E-state index contributed by atoms with van der Waals surface area (Å²) in [7, 11) is 0. The van der Waals surface area contributed by atoms with E-state index in [9.17, 15) is 4.79 Å². The molecule has 0 aliphatic carbocycles. The Morgan fingerprint density at radius 3 is 3.12 bits per heavy atom. The third-order valence-electron chi connectivity index (χ3n) is 2.37. The van der Waals surface area contributed by atoms with Crippen molar-refractivity contribution >= 4 is 22.5 Å². The number of H-pyrrole nitrogens is 1. The van der Waals surface area contributed by atoms with Crippen LogP contribution in [0.3, 0.4) is 0 Å². The first-order valence-corrected chi connectivity index (χ1v) is 4.98. The molecule has 0 radical (unpaired) electrons. The quantitative estimate of drug-likeness (QED) is 0.700. The molecular weight excluding hydrogens is 220 g/mol. The van der Waals surface area contributed by atoms with Crippen LogP contribution in [0.25, 0.3) is 10.9 Å². The smallest absolute Gasteiger partial charge is 0.277 e. The second-order valence-electron chi connectivity index (χ2n) is 3.51. The number of hydrogen-bond donors (Lipinski definition) is 2. The summed E-state index contributed by atoms with van der Waals surface area (Å²) in [6.45, 7) is 0.